The molecular formula is C19H28O4. The predicted octanol–water partition coefficient (Wildman–Crippen LogP) is 2.83. The van der Waals surface area contributed by atoms with Crippen LogP contribution in [0.5, 0.6) is 0 Å². The summed E-state index contributed by atoms with van der Waals surface area (Å²) in [6.07, 6.45) is 3.97. The Bertz CT molecular complexity index is 537. The molecule has 23 heavy (non-hydrogen) atoms. The van der Waals surface area contributed by atoms with Gasteiger partial charge in [0.05, 0.1) is 12.2 Å². The molecule has 2 aliphatic carbocycles. The van der Waals surface area contributed by atoms with Crippen LogP contribution >= 0.6 is 0 Å². The molecule has 1 aliphatic heterocycles. The van der Waals surface area contributed by atoms with Gasteiger partial charge in [-0.2, -0.15) is 0 Å². The molecule has 2 bridgehead atoms. The number of carbonyl (C=O) groups is 3. The first-order valence-electron chi connectivity index (χ1n) is 8.82. The number of ether oxygens (including phenoxy) is 1. The van der Waals surface area contributed by atoms with Crippen molar-refractivity contribution in [2.24, 2.45) is 35.0 Å². The first kappa shape index (κ1) is 16.8. The van der Waals surface area contributed by atoms with E-state index >= 15 is 0 Å². The van der Waals surface area contributed by atoms with Gasteiger partial charge in [-0.05, 0) is 57.3 Å². The largest absolute Gasteiger partial charge is 0.375 e. The molecule has 0 spiro atoms. The number of Topliss-reactive ketones (excluding diaryl/α,β-unsaturated/α-hetero) is 2. The zero-order valence-corrected chi connectivity index (χ0v) is 14.6. The lowest BCUT2D eigenvalue weighted by Crippen LogP contribution is -2.53. The van der Waals surface area contributed by atoms with Crippen LogP contribution in [0.25, 0.3) is 0 Å². The molecule has 0 amide bonds. The minimum absolute atomic E-state index is 0.0103. The van der Waals surface area contributed by atoms with E-state index in [1.54, 1.807) is 0 Å². The highest BCUT2D eigenvalue weighted by atomic mass is 16.5. The van der Waals surface area contributed by atoms with Gasteiger partial charge in [-0.15, -0.1) is 0 Å². The van der Waals surface area contributed by atoms with Crippen LogP contribution in [-0.4, -0.2) is 30.1 Å². The molecule has 0 aromatic heterocycles. The predicted molar refractivity (Wildman–Crippen MR) is 85.8 cm³/mol. The standard InChI is InChI=1S/C19H28O4/c1-11(21)7-12-16(9-20)19(4)6-5-15-13(8-19)14(17(12)22)10-23-18(15,2)3/h9,12-16H,5-8,10H2,1-4H3/t12-,13+,14-,15-,16+,19+/m1/s1. The molecule has 3 fully saturated rings. The highest BCUT2D eigenvalue weighted by Crippen LogP contribution is 2.58. The molecule has 2 saturated carbocycles. The highest BCUT2D eigenvalue weighted by molar-refractivity contribution is 5.91. The molecule has 4 heteroatoms. The van der Waals surface area contributed by atoms with Gasteiger partial charge >= 0.3 is 0 Å². The van der Waals surface area contributed by atoms with Gasteiger partial charge in [-0.25, -0.2) is 0 Å². The van der Waals surface area contributed by atoms with E-state index in [1.165, 1.54) is 6.92 Å². The molecule has 0 unspecified atom stereocenters. The average Bonchev–Trinajstić information content (AvgIpc) is 2.51. The molecule has 0 aromatic carbocycles. The molecule has 6 atom stereocenters. The number of rotatable bonds is 3. The molecule has 128 valence electrons. The van der Waals surface area contributed by atoms with E-state index in [9.17, 15) is 14.4 Å². The lowest BCUT2D eigenvalue weighted by atomic mass is 9.56. The Morgan fingerprint density at radius 1 is 1.35 bits per heavy atom. The third-order valence-electron chi connectivity index (χ3n) is 6.91. The summed E-state index contributed by atoms with van der Waals surface area (Å²) in [5.41, 5.74) is -0.374. The Hall–Kier alpha value is -1.03. The molecule has 0 radical (unpaired) electrons. The Balaban J connectivity index is 2.04. The maximum atomic E-state index is 13.2. The summed E-state index contributed by atoms with van der Waals surface area (Å²) in [5.74, 6) is -0.229. The monoisotopic (exact) mass is 320 g/mol. The Morgan fingerprint density at radius 2 is 2.04 bits per heavy atom. The van der Waals surface area contributed by atoms with Crippen molar-refractivity contribution in [1.29, 1.82) is 0 Å². The van der Waals surface area contributed by atoms with Crippen LogP contribution < -0.4 is 0 Å². The fourth-order valence-electron chi connectivity index (χ4n) is 5.63. The second kappa shape index (κ2) is 5.51. The maximum absolute atomic E-state index is 13.2. The van der Waals surface area contributed by atoms with Crippen LogP contribution in [0.15, 0.2) is 0 Å². The highest BCUT2D eigenvalue weighted by Gasteiger charge is 2.58. The third-order valence-corrected chi connectivity index (χ3v) is 6.91. The number of fused-ring (bicyclic) bond motifs is 1. The topological polar surface area (TPSA) is 60.4 Å². The normalized spacial score (nSPS) is 45.2. The van der Waals surface area contributed by atoms with Gasteiger partial charge in [0, 0.05) is 24.2 Å². The number of ketones is 2. The van der Waals surface area contributed by atoms with Crippen molar-refractivity contribution in [3.05, 3.63) is 0 Å². The van der Waals surface area contributed by atoms with Crippen molar-refractivity contribution in [3.8, 4) is 0 Å². The van der Waals surface area contributed by atoms with E-state index in [0.717, 1.165) is 25.5 Å². The molecule has 3 aliphatic rings. The molecule has 0 aromatic rings. The van der Waals surface area contributed by atoms with Crippen LogP contribution in [0.2, 0.25) is 0 Å². The molecule has 4 nitrogen and oxygen atoms in total. The summed E-state index contributed by atoms with van der Waals surface area (Å²) >= 11 is 0. The van der Waals surface area contributed by atoms with Gasteiger partial charge in [0.2, 0.25) is 0 Å². The van der Waals surface area contributed by atoms with Crippen LogP contribution in [0, 0.1) is 35.0 Å². The molecular weight excluding hydrogens is 292 g/mol. The summed E-state index contributed by atoms with van der Waals surface area (Å²) in [4.78, 5) is 36.8. The summed E-state index contributed by atoms with van der Waals surface area (Å²) < 4.78 is 6.05. The van der Waals surface area contributed by atoms with E-state index in [2.05, 4.69) is 20.8 Å². The molecule has 1 heterocycles. The number of aldehydes is 1. The van der Waals surface area contributed by atoms with Crippen molar-refractivity contribution < 1.29 is 19.1 Å². The third kappa shape index (κ3) is 2.59. The minimum Gasteiger partial charge on any atom is -0.375 e. The fourth-order valence-corrected chi connectivity index (χ4v) is 5.63. The van der Waals surface area contributed by atoms with E-state index in [0.29, 0.717) is 12.5 Å². The summed E-state index contributed by atoms with van der Waals surface area (Å²) in [6.45, 7) is 8.33. The maximum Gasteiger partial charge on any atom is 0.142 e. The quantitative estimate of drug-likeness (QED) is 0.750. The lowest BCUT2D eigenvalue weighted by molar-refractivity contribution is -0.174. The van der Waals surface area contributed by atoms with Gasteiger partial charge in [0.25, 0.3) is 0 Å². The number of hydrogen-bond donors (Lipinski definition) is 0. The zero-order chi connectivity index (χ0) is 17.0. The van der Waals surface area contributed by atoms with Crippen LogP contribution in [0.3, 0.4) is 0 Å². The van der Waals surface area contributed by atoms with E-state index < -0.39 is 5.92 Å². The van der Waals surface area contributed by atoms with Crippen LogP contribution in [0.4, 0.5) is 0 Å². The zero-order valence-electron chi connectivity index (χ0n) is 14.6. The first-order valence-corrected chi connectivity index (χ1v) is 8.82. The Labute approximate surface area is 138 Å². The molecule has 0 N–H and O–H groups in total. The fraction of sp³-hybridized carbons (Fsp3) is 0.842. The van der Waals surface area contributed by atoms with Gasteiger partial charge < -0.3 is 14.3 Å². The van der Waals surface area contributed by atoms with Gasteiger partial charge in [0.15, 0.2) is 0 Å². The van der Waals surface area contributed by atoms with Gasteiger partial charge in [-0.1, -0.05) is 6.92 Å². The minimum atomic E-state index is -0.464. The van der Waals surface area contributed by atoms with Crippen molar-refractivity contribution in [2.75, 3.05) is 6.61 Å². The average molecular weight is 320 g/mol. The number of hydrogen-bond acceptors (Lipinski definition) is 4. The molecule has 3 rings (SSSR count). The summed E-state index contributed by atoms with van der Waals surface area (Å²) in [5, 5.41) is 0. The second-order valence-electron chi connectivity index (χ2n) is 8.76. The lowest BCUT2D eigenvalue weighted by Gasteiger charge is -2.53. The van der Waals surface area contributed by atoms with Gasteiger partial charge in [-0.3, -0.25) is 4.79 Å². The first-order chi connectivity index (χ1) is 10.7. The smallest absolute Gasteiger partial charge is 0.142 e. The second-order valence-corrected chi connectivity index (χ2v) is 8.76. The van der Waals surface area contributed by atoms with Crippen molar-refractivity contribution in [3.63, 3.8) is 0 Å². The number of carbonyl (C=O) groups excluding carboxylic acids is 3. The van der Waals surface area contributed by atoms with Gasteiger partial charge in [0.1, 0.15) is 17.9 Å². The van der Waals surface area contributed by atoms with Crippen molar-refractivity contribution >= 4 is 17.9 Å². The Morgan fingerprint density at radius 3 is 2.65 bits per heavy atom. The van der Waals surface area contributed by atoms with E-state index in [4.69, 9.17) is 4.74 Å². The van der Waals surface area contributed by atoms with Crippen LogP contribution in [0.1, 0.15) is 53.4 Å². The van der Waals surface area contributed by atoms with E-state index in [-0.39, 0.29) is 46.8 Å². The molecule has 1 saturated heterocycles. The van der Waals surface area contributed by atoms with E-state index in [1.807, 2.05) is 0 Å². The van der Waals surface area contributed by atoms with Crippen molar-refractivity contribution in [1.82, 2.24) is 0 Å². The Kier molecular flexibility index (Phi) is 4.03. The summed E-state index contributed by atoms with van der Waals surface area (Å²) in [6, 6.07) is 0. The van der Waals surface area contributed by atoms with Crippen LogP contribution in [-0.2, 0) is 19.1 Å². The van der Waals surface area contributed by atoms with Crippen molar-refractivity contribution in [2.45, 2.75) is 59.0 Å². The SMILES string of the molecule is CC(=O)C[C@H]1C(=O)[C@@H]2COC(C)(C)[C@@H]3CC[C@@](C)(C[C@H]32)[C@H]1C=O. The summed E-state index contributed by atoms with van der Waals surface area (Å²) in [7, 11) is 0.